The molecule has 0 amide bonds. The van der Waals surface area contributed by atoms with Crippen molar-refractivity contribution < 1.29 is 0 Å². The van der Waals surface area contributed by atoms with Gasteiger partial charge in [0.15, 0.2) is 5.96 Å². The molecule has 2 N–H and O–H groups in total. The molecule has 1 atom stereocenters. The Kier molecular flexibility index (Phi) is 8.06. The largest absolute Gasteiger partial charge is 0.356 e. The first-order valence-corrected chi connectivity index (χ1v) is 8.78. The van der Waals surface area contributed by atoms with Gasteiger partial charge in [-0.05, 0) is 24.1 Å². The molecule has 3 saturated heterocycles. The molecule has 2 bridgehead atoms. The van der Waals surface area contributed by atoms with Crippen LogP contribution in [0.5, 0.6) is 0 Å². The number of rotatable bonds is 5. The zero-order valence-electron chi connectivity index (χ0n) is 14.2. The van der Waals surface area contributed by atoms with Crippen LogP contribution in [0.2, 0.25) is 5.02 Å². The van der Waals surface area contributed by atoms with E-state index in [4.69, 9.17) is 11.6 Å². The van der Waals surface area contributed by atoms with Crippen LogP contribution in [0.4, 0.5) is 0 Å². The topological polar surface area (TPSA) is 42.9 Å². The fourth-order valence-electron chi connectivity index (χ4n) is 3.33. The lowest BCUT2D eigenvalue weighted by molar-refractivity contribution is 0.0154. The molecule has 7 heteroatoms. The van der Waals surface area contributed by atoms with Crippen molar-refractivity contribution in [3.63, 3.8) is 0 Å². The number of nitrogens with one attached hydrogen (secondary N) is 2. The summed E-state index contributed by atoms with van der Waals surface area (Å²) in [6.45, 7) is 7.85. The normalized spacial score (nSPS) is 25.9. The molecule has 3 aliphatic rings. The molecule has 0 aliphatic carbocycles. The van der Waals surface area contributed by atoms with Gasteiger partial charge in [0, 0.05) is 63.9 Å². The van der Waals surface area contributed by atoms with Gasteiger partial charge in [-0.15, -0.1) is 24.0 Å². The number of hydrogen-bond donors (Lipinski definition) is 2. The maximum absolute atomic E-state index is 5.91. The van der Waals surface area contributed by atoms with Crippen LogP contribution in [0.25, 0.3) is 0 Å². The molecule has 3 fully saturated rings. The summed E-state index contributed by atoms with van der Waals surface area (Å²) in [4.78, 5) is 9.47. The van der Waals surface area contributed by atoms with E-state index in [1.165, 1.54) is 38.3 Å². The molecule has 0 radical (unpaired) electrons. The number of nitrogens with zero attached hydrogens (tertiary/aromatic N) is 3. The van der Waals surface area contributed by atoms with E-state index in [0.717, 1.165) is 30.5 Å². The van der Waals surface area contributed by atoms with Gasteiger partial charge in [0.2, 0.25) is 0 Å². The first-order chi connectivity index (χ1) is 11.2. The summed E-state index contributed by atoms with van der Waals surface area (Å²) < 4.78 is 0. The summed E-state index contributed by atoms with van der Waals surface area (Å²) in [6.07, 6.45) is 0.960. The van der Waals surface area contributed by atoms with E-state index in [9.17, 15) is 0 Å². The van der Waals surface area contributed by atoms with Crippen LogP contribution < -0.4 is 10.6 Å². The molecule has 4 rings (SSSR count). The van der Waals surface area contributed by atoms with Gasteiger partial charge in [-0.2, -0.15) is 0 Å². The van der Waals surface area contributed by atoms with E-state index in [2.05, 4.69) is 37.6 Å². The summed E-state index contributed by atoms with van der Waals surface area (Å²) >= 11 is 5.91. The van der Waals surface area contributed by atoms with Crippen molar-refractivity contribution in [1.82, 2.24) is 20.4 Å². The van der Waals surface area contributed by atoms with E-state index in [1.54, 1.807) is 0 Å². The smallest absolute Gasteiger partial charge is 0.191 e. The van der Waals surface area contributed by atoms with Crippen molar-refractivity contribution in [3.05, 3.63) is 34.9 Å². The molecule has 0 saturated carbocycles. The van der Waals surface area contributed by atoms with Crippen molar-refractivity contribution in [3.8, 4) is 0 Å². The lowest BCUT2D eigenvalue weighted by Crippen LogP contribution is -2.63. The van der Waals surface area contributed by atoms with Gasteiger partial charge >= 0.3 is 0 Å². The summed E-state index contributed by atoms with van der Waals surface area (Å²) in [5.74, 6) is 0.886. The summed E-state index contributed by atoms with van der Waals surface area (Å²) in [7, 11) is 1.83. The maximum Gasteiger partial charge on any atom is 0.191 e. The van der Waals surface area contributed by atoms with E-state index >= 15 is 0 Å². The molecule has 1 unspecified atom stereocenters. The molecule has 24 heavy (non-hydrogen) atoms. The van der Waals surface area contributed by atoms with Crippen LogP contribution in [0.15, 0.2) is 29.3 Å². The molecule has 3 aliphatic heterocycles. The monoisotopic (exact) mass is 463 g/mol. The second kappa shape index (κ2) is 9.79. The minimum Gasteiger partial charge on any atom is -0.356 e. The van der Waals surface area contributed by atoms with E-state index < -0.39 is 0 Å². The minimum absolute atomic E-state index is 0. The lowest BCUT2D eigenvalue weighted by atomic mass is 10.1. The summed E-state index contributed by atoms with van der Waals surface area (Å²) in [5, 5.41) is 7.64. The highest BCUT2D eigenvalue weighted by Gasteiger charge is 2.31. The van der Waals surface area contributed by atoms with Crippen LogP contribution in [0.1, 0.15) is 5.56 Å². The Balaban J connectivity index is 0.00000208. The Hall–Kier alpha value is -0.570. The average Bonchev–Trinajstić information content (AvgIpc) is 2.60. The van der Waals surface area contributed by atoms with E-state index in [0.29, 0.717) is 6.04 Å². The average molecular weight is 464 g/mol. The lowest BCUT2D eigenvalue weighted by Gasteiger charge is -2.47. The Morgan fingerprint density at radius 1 is 1.17 bits per heavy atom. The molecule has 0 aromatic heterocycles. The predicted molar refractivity (Wildman–Crippen MR) is 112 cm³/mol. The number of benzene rings is 1. The second-order valence-electron chi connectivity index (χ2n) is 6.25. The third-order valence-electron chi connectivity index (χ3n) is 4.74. The Morgan fingerprint density at radius 3 is 2.46 bits per heavy atom. The highest BCUT2D eigenvalue weighted by atomic mass is 127. The molecular weight excluding hydrogens is 437 g/mol. The van der Waals surface area contributed by atoms with E-state index in [-0.39, 0.29) is 24.0 Å². The molecule has 3 heterocycles. The van der Waals surface area contributed by atoms with Crippen LogP contribution in [0.3, 0.4) is 0 Å². The van der Waals surface area contributed by atoms with Gasteiger partial charge in [0.25, 0.3) is 0 Å². The Bertz CT molecular complexity index is 528. The first-order valence-electron chi connectivity index (χ1n) is 8.40. The molecule has 0 spiro atoms. The van der Waals surface area contributed by atoms with E-state index in [1.807, 2.05) is 19.2 Å². The van der Waals surface area contributed by atoms with Gasteiger partial charge < -0.3 is 10.6 Å². The SMILES string of the molecule is CN=C(NCCc1ccc(Cl)cc1)NCC1CN2CCN1CC2.I. The van der Waals surface area contributed by atoms with Crippen LogP contribution >= 0.6 is 35.6 Å². The highest BCUT2D eigenvalue weighted by Crippen LogP contribution is 2.14. The van der Waals surface area contributed by atoms with Crippen LogP contribution in [-0.4, -0.2) is 74.7 Å². The van der Waals surface area contributed by atoms with Gasteiger partial charge in [-0.1, -0.05) is 23.7 Å². The van der Waals surface area contributed by atoms with Crippen molar-refractivity contribution >= 4 is 41.5 Å². The highest BCUT2D eigenvalue weighted by molar-refractivity contribution is 14.0. The quantitative estimate of drug-likeness (QED) is 0.396. The zero-order valence-corrected chi connectivity index (χ0v) is 17.3. The second-order valence-corrected chi connectivity index (χ2v) is 6.68. The Labute approximate surface area is 166 Å². The van der Waals surface area contributed by atoms with Crippen molar-refractivity contribution in [1.29, 1.82) is 0 Å². The fraction of sp³-hybridized carbons (Fsp3) is 0.588. The van der Waals surface area contributed by atoms with Crippen molar-refractivity contribution in [2.75, 3.05) is 52.9 Å². The number of fused-ring (bicyclic) bond motifs is 3. The number of hydrogen-bond acceptors (Lipinski definition) is 3. The van der Waals surface area contributed by atoms with Crippen LogP contribution in [-0.2, 0) is 6.42 Å². The van der Waals surface area contributed by atoms with Crippen molar-refractivity contribution in [2.45, 2.75) is 12.5 Å². The van der Waals surface area contributed by atoms with Gasteiger partial charge in [-0.25, -0.2) is 0 Å². The Morgan fingerprint density at radius 2 is 1.88 bits per heavy atom. The molecule has 1 aromatic rings. The first kappa shape index (κ1) is 19.8. The molecule has 5 nitrogen and oxygen atoms in total. The maximum atomic E-state index is 5.91. The molecular formula is C17H27ClIN5. The van der Waals surface area contributed by atoms with Gasteiger partial charge in [0.1, 0.15) is 0 Å². The minimum atomic E-state index is 0. The number of halogens is 2. The third-order valence-corrected chi connectivity index (χ3v) is 4.99. The zero-order chi connectivity index (χ0) is 16.1. The number of guanidine groups is 1. The fourth-order valence-corrected chi connectivity index (χ4v) is 3.46. The summed E-state index contributed by atoms with van der Waals surface area (Å²) in [5.41, 5.74) is 1.28. The standard InChI is InChI=1S/C17H26ClN5.HI/c1-19-17(20-7-6-14-2-4-15(18)5-3-14)21-12-16-13-22-8-10-23(16)11-9-22;/h2-5,16H,6-13H2,1H3,(H2,19,20,21);1H. The number of piperazine rings is 3. The summed E-state index contributed by atoms with van der Waals surface area (Å²) in [6, 6.07) is 8.62. The van der Waals surface area contributed by atoms with Crippen molar-refractivity contribution in [2.24, 2.45) is 4.99 Å². The van der Waals surface area contributed by atoms with Gasteiger partial charge in [0.05, 0.1) is 0 Å². The predicted octanol–water partition coefficient (Wildman–Crippen LogP) is 1.67. The number of aliphatic imine (C=N–C) groups is 1. The van der Waals surface area contributed by atoms with Gasteiger partial charge in [-0.3, -0.25) is 14.8 Å². The molecule has 1 aromatic carbocycles. The molecule has 134 valence electrons. The third kappa shape index (κ3) is 5.47. The van der Waals surface area contributed by atoms with Crippen LogP contribution in [0, 0.1) is 0 Å².